The highest BCUT2D eigenvalue weighted by atomic mass is 16.3. The van der Waals surface area contributed by atoms with Crippen molar-refractivity contribution >= 4 is 21.5 Å². The Kier molecular flexibility index (Phi) is 4.00. The van der Waals surface area contributed by atoms with Gasteiger partial charge in [0.25, 0.3) is 0 Å². The highest BCUT2D eigenvalue weighted by molar-refractivity contribution is 6.22. The molecule has 0 saturated carbocycles. The zero-order valence-electron chi connectivity index (χ0n) is 15.9. The summed E-state index contributed by atoms with van der Waals surface area (Å²) in [6.07, 6.45) is 0. The molecule has 0 atom stereocenters. The van der Waals surface area contributed by atoms with Gasteiger partial charge in [0.15, 0.2) is 0 Å². The van der Waals surface area contributed by atoms with Crippen LogP contribution >= 0.6 is 0 Å². The second-order valence-electron chi connectivity index (χ2n) is 7.24. The SMILES string of the molecule is Oc1ccc(-c2c3ccccc3c(-c3ccc(O)cc3O)c3ccccc23)c(O)c1. The lowest BCUT2D eigenvalue weighted by Crippen LogP contribution is -1.91. The Hall–Kier alpha value is -4.18. The number of benzene rings is 5. The molecule has 4 N–H and O–H groups in total. The van der Waals surface area contributed by atoms with Gasteiger partial charge in [-0.3, -0.25) is 0 Å². The highest BCUT2D eigenvalue weighted by Crippen LogP contribution is 2.47. The molecule has 0 aliphatic rings. The van der Waals surface area contributed by atoms with Crippen LogP contribution in [-0.2, 0) is 0 Å². The molecule has 0 fully saturated rings. The third kappa shape index (κ3) is 2.70. The minimum absolute atomic E-state index is 0.00417. The average molecular weight is 394 g/mol. The van der Waals surface area contributed by atoms with E-state index in [4.69, 9.17) is 0 Å². The van der Waals surface area contributed by atoms with E-state index in [0.717, 1.165) is 32.7 Å². The van der Waals surface area contributed by atoms with Gasteiger partial charge >= 0.3 is 0 Å². The summed E-state index contributed by atoms with van der Waals surface area (Å²) in [5, 5.41) is 44.3. The summed E-state index contributed by atoms with van der Waals surface area (Å²) in [4.78, 5) is 0. The third-order valence-electron chi connectivity index (χ3n) is 5.43. The largest absolute Gasteiger partial charge is 0.508 e. The fourth-order valence-corrected chi connectivity index (χ4v) is 4.17. The van der Waals surface area contributed by atoms with Crippen LogP contribution in [0.4, 0.5) is 0 Å². The van der Waals surface area contributed by atoms with Gasteiger partial charge < -0.3 is 20.4 Å². The lowest BCUT2D eigenvalue weighted by Gasteiger charge is -2.18. The maximum atomic E-state index is 10.6. The third-order valence-corrected chi connectivity index (χ3v) is 5.43. The van der Waals surface area contributed by atoms with Crippen LogP contribution in [0.1, 0.15) is 0 Å². The Balaban J connectivity index is 2.00. The van der Waals surface area contributed by atoms with Crippen LogP contribution in [0, 0.1) is 0 Å². The standard InChI is InChI=1S/C26H18O4/c27-15-9-11-21(23(29)13-15)25-17-5-1-2-6-18(17)26(20-8-4-3-7-19(20)25)22-12-10-16(28)14-24(22)30/h1-14,27-30H. The zero-order chi connectivity index (χ0) is 20.8. The molecule has 0 unspecified atom stereocenters. The minimum atomic E-state index is -0.00876. The van der Waals surface area contributed by atoms with Gasteiger partial charge in [-0.15, -0.1) is 0 Å². The van der Waals surface area contributed by atoms with E-state index >= 15 is 0 Å². The number of phenols is 4. The van der Waals surface area contributed by atoms with Crippen LogP contribution < -0.4 is 0 Å². The van der Waals surface area contributed by atoms with Gasteiger partial charge in [0.2, 0.25) is 0 Å². The van der Waals surface area contributed by atoms with E-state index in [9.17, 15) is 20.4 Å². The van der Waals surface area contributed by atoms with Crippen molar-refractivity contribution in [3.05, 3.63) is 84.9 Å². The predicted molar refractivity (Wildman–Crippen MR) is 119 cm³/mol. The molecule has 4 heteroatoms. The van der Waals surface area contributed by atoms with E-state index in [2.05, 4.69) is 0 Å². The molecule has 0 aromatic heterocycles. The molecule has 0 bridgehead atoms. The average Bonchev–Trinajstić information content (AvgIpc) is 2.73. The van der Waals surface area contributed by atoms with E-state index in [1.807, 2.05) is 48.5 Å². The fourth-order valence-electron chi connectivity index (χ4n) is 4.17. The minimum Gasteiger partial charge on any atom is -0.508 e. The quantitative estimate of drug-likeness (QED) is 0.271. The molecule has 4 nitrogen and oxygen atoms in total. The first-order valence-corrected chi connectivity index (χ1v) is 9.53. The van der Waals surface area contributed by atoms with E-state index < -0.39 is 0 Å². The molecule has 0 radical (unpaired) electrons. The van der Waals surface area contributed by atoms with E-state index in [1.54, 1.807) is 24.3 Å². The number of rotatable bonds is 2. The second-order valence-corrected chi connectivity index (χ2v) is 7.24. The normalized spacial score (nSPS) is 11.2. The Bertz CT molecular complexity index is 1270. The van der Waals surface area contributed by atoms with Crippen LogP contribution in [-0.4, -0.2) is 20.4 Å². The molecule has 0 aliphatic heterocycles. The molecule has 0 saturated heterocycles. The number of fused-ring (bicyclic) bond motifs is 2. The van der Waals surface area contributed by atoms with Crippen LogP contribution in [0.2, 0.25) is 0 Å². The van der Waals surface area contributed by atoms with Crippen molar-refractivity contribution in [2.75, 3.05) is 0 Å². The fraction of sp³-hybridized carbons (Fsp3) is 0. The number of aromatic hydroxyl groups is 4. The second kappa shape index (κ2) is 6.71. The van der Waals surface area contributed by atoms with Gasteiger partial charge in [0, 0.05) is 34.4 Å². The van der Waals surface area contributed by atoms with Crippen molar-refractivity contribution in [1.82, 2.24) is 0 Å². The molecular weight excluding hydrogens is 376 g/mol. The number of hydrogen-bond donors (Lipinski definition) is 4. The van der Waals surface area contributed by atoms with Crippen molar-refractivity contribution in [2.24, 2.45) is 0 Å². The van der Waals surface area contributed by atoms with Gasteiger partial charge in [-0.05, 0) is 45.8 Å². The molecule has 0 amide bonds. The summed E-state index contributed by atoms with van der Waals surface area (Å²) in [6.45, 7) is 0. The van der Waals surface area contributed by atoms with Crippen LogP contribution in [0.3, 0.4) is 0 Å². The van der Waals surface area contributed by atoms with Crippen molar-refractivity contribution in [2.45, 2.75) is 0 Å². The summed E-state index contributed by atoms with van der Waals surface area (Å²) in [5.41, 5.74) is 2.92. The lowest BCUT2D eigenvalue weighted by molar-refractivity contribution is 0.451. The summed E-state index contributed by atoms with van der Waals surface area (Å²) in [6, 6.07) is 24.8. The Morgan fingerprint density at radius 2 is 0.733 bits per heavy atom. The molecule has 146 valence electrons. The molecule has 30 heavy (non-hydrogen) atoms. The molecule has 5 rings (SSSR count). The van der Waals surface area contributed by atoms with Gasteiger partial charge in [0.1, 0.15) is 23.0 Å². The first kappa shape index (κ1) is 17.9. The van der Waals surface area contributed by atoms with Gasteiger partial charge in [-0.2, -0.15) is 0 Å². The number of phenolic OH excluding ortho intramolecular Hbond substituents is 4. The summed E-state index contributed by atoms with van der Waals surface area (Å²) in [7, 11) is 0. The maximum Gasteiger partial charge on any atom is 0.127 e. The summed E-state index contributed by atoms with van der Waals surface area (Å²) >= 11 is 0. The van der Waals surface area contributed by atoms with Gasteiger partial charge in [-0.1, -0.05) is 48.5 Å². The van der Waals surface area contributed by atoms with Crippen molar-refractivity contribution < 1.29 is 20.4 Å². The molecule has 0 spiro atoms. The van der Waals surface area contributed by atoms with Gasteiger partial charge in [-0.25, -0.2) is 0 Å². The topological polar surface area (TPSA) is 80.9 Å². The van der Waals surface area contributed by atoms with Crippen molar-refractivity contribution in [3.8, 4) is 45.3 Å². The van der Waals surface area contributed by atoms with Crippen LogP contribution in [0.15, 0.2) is 84.9 Å². The summed E-state index contributed by atoms with van der Waals surface area (Å²) < 4.78 is 0. The van der Waals surface area contributed by atoms with E-state index in [0.29, 0.717) is 11.1 Å². The monoisotopic (exact) mass is 394 g/mol. The lowest BCUT2D eigenvalue weighted by atomic mass is 9.85. The molecular formula is C26H18O4. The maximum absolute atomic E-state index is 10.6. The Labute approximate surface area is 172 Å². The summed E-state index contributed by atoms with van der Waals surface area (Å²) in [5.74, 6) is -0.0259. The molecule has 5 aromatic rings. The van der Waals surface area contributed by atoms with Crippen molar-refractivity contribution in [1.29, 1.82) is 0 Å². The first-order valence-electron chi connectivity index (χ1n) is 9.53. The van der Waals surface area contributed by atoms with Crippen LogP contribution in [0.5, 0.6) is 23.0 Å². The molecule has 0 aliphatic carbocycles. The highest BCUT2D eigenvalue weighted by Gasteiger charge is 2.19. The molecule has 5 aromatic carbocycles. The van der Waals surface area contributed by atoms with Crippen molar-refractivity contribution in [3.63, 3.8) is 0 Å². The molecule has 0 heterocycles. The predicted octanol–water partition coefficient (Wildman–Crippen LogP) is 6.15. The van der Waals surface area contributed by atoms with Gasteiger partial charge in [0.05, 0.1) is 0 Å². The zero-order valence-corrected chi connectivity index (χ0v) is 15.9. The van der Waals surface area contributed by atoms with Crippen LogP contribution in [0.25, 0.3) is 43.8 Å². The Morgan fingerprint density at radius 1 is 0.400 bits per heavy atom. The Morgan fingerprint density at radius 3 is 1.03 bits per heavy atom. The first-order chi connectivity index (χ1) is 14.5. The van der Waals surface area contributed by atoms with E-state index in [-0.39, 0.29) is 23.0 Å². The smallest absolute Gasteiger partial charge is 0.127 e. The number of hydrogen-bond acceptors (Lipinski definition) is 4. The van der Waals surface area contributed by atoms with E-state index in [1.165, 1.54) is 12.1 Å².